The van der Waals surface area contributed by atoms with Gasteiger partial charge in [0.2, 0.25) is 0 Å². The number of hydrogen-bond donors (Lipinski definition) is 1. The molecule has 0 bridgehead atoms. The highest BCUT2D eigenvalue weighted by Crippen LogP contribution is 2.39. The van der Waals surface area contributed by atoms with Gasteiger partial charge in [-0.2, -0.15) is 0 Å². The van der Waals surface area contributed by atoms with Crippen molar-refractivity contribution < 1.29 is 19.6 Å². The number of rotatable bonds is 5. The maximum absolute atomic E-state index is 11.3. The standard InChI is InChI=1S/C13H11NO5S/c1-8(16)12-6-11(14(17)18)13(20-12)19-10-4-2-9(7-15)3-5-10/h2-6,15H,7H2,1H3. The minimum absolute atomic E-state index is 0.0666. The Labute approximate surface area is 118 Å². The van der Waals surface area contributed by atoms with E-state index in [0.29, 0.717) is 11.3 Å². The Balaban J connectivity index is 2.31. The molecule has 1 N–H and O–H groups in total. The number of nitro groups is 1. The number of benzene rings is 1. The van der Waals surface area contributed by atoms with E-state index in [0.717, 1.165) is 11.3 Å². The number of carbonyl (C=O) groups is 1. The van der Waals surface area contributed by atoms with E-state index >= 15 is 0 Å². The summed E-state index contributed by atoms with van der Waals surface area (Å²) in [6.45, 7) is 1.25. The summed E-state index contributed by atoms with van der Waals surface area (Å²) in [6, 6.07) is 7.72. The van der Waals surface area contributed by atoms with Crippen LogP contribution < -0.4 is 4.74 Å². The molecule has 0 fully saturated rings. The van der Waals surface area contributed by atoms with E-state index in [9.17, 15) is 14.9 Å². The van der Waals surface area contributed by atoms with Crippen LogP contribution in [0.5, 0.6) is 10.8 Å². The lowest BCUT2D eigenvalue weighted by atomic mass is 10.2. The minimum atomic E-state index is -0.583. The second kappa shape index (κ2) is 5.81. The van der Waals surface area contributed by atoms with Crippen LogP contribution in [0.3, 0.4) is 0 Å². The molecule has 1 aromatic carbocycles. The molecule has 0 radical (unpaired) electrons. The number of hydrogen-bond acceptors (Lipinski definition) is 6. The molecule has 0 aliphatic carbocycles. The lowest BCUT2D eigenvalue weighted by molar-refractivity contribution is -0.385. The van der Waals surface area contributed by atoms with E-state index in [4.69, 9.17) is 9.84 Å². The van der Waals surface area contributed by atoms with Crippen LogP contribution in [0.4, 0.5) is 5.69 Å². The molecule has 0 aliphatic rings. The molecule has 20 heavy (non-hydrogen) atoms. The summed E-state index contributed by atoms with van der Waals surface area (Å²) in [5.74, 6) is 0.158. The number of nitrogens with zero attached hydrogens (tertiary/aromatic N) is 1. The zero-order valence-electron chi connectivity index (χ0n) is 10.5. The van der Waals surface area contributed by atoms with Gasteiger partial charge in [-0.15, -0.1) is 0 Å². The third-order valence-corrected chi connectivity index (χ3v) is 3.64. The maximum atomic E-state index is 11.3. The monoisotopic (exact) mass is 293 g/mol. The third-order valence-electron chi connectivity index (χ3n) is 2.54. The quantitative estimate of drug-likeness (QED) is 0.519. The highest BCUT2D eigenvalue weighted by molar-refractivity contribution is 7.16. The van der Waals surface area contributed by atoms with Crippen LogP contribution in [-0.2, 0) is 6.61 Å². The Bertz CT molecular complexity index is 647. The molecule has 1 heterocycles. The summed E-state index contributed by atoms with van der Waals surface area (Å²) < 4.78 is 5.44. The van der Waals surface area contributed by atoms with Gasteiger partial charge in [0.15, 0.2) is 5.78 Å². The first-order chi connectivity index (χ1) is 9.51. The van der Waals surface area contributed by atoms with Gasteiger partial charge in [0.05, 0.1) is 16.4 Å². The highest BCUT2D eigenvalue weighted by atomic mass is 32.1. The summed E-state index contributed by atoms with van der Waals surface area (Å²) in [7, 11) is 0. The van der Waals surface area contributed by atoms with Crippen molar-refractivity contribution >= 4 is 22.8 Å². The molecular formula is C13H11NO5S. The van der Waals surface area contributed by atoms with Crippen LogP contribution in [-0.4, -0.2) is 15.8 Å². The van der Waals surface area contributed by atoms with Crippen LogP contribution in [0.1, 0.15) is 22.2 Å². The largest absolute Gasteiger partial charge is 0.440 e. The van der Waals surface area contributed by atoms with Crippen LogP contribution in [0.2, 0.25) is 0 Å². The fourth-order valence-electron chi connectivity index (χ4n) is 1.51. The van der Waals surface area contributed by atoms with Crippen molar-refractivity contribution in [3.05, 3.63) is 50.9 Å². The van der Waals surface area contributed by atoms with Gasteiger partial charge in [-0.05, 0) is 24.6 Å². The molecule has 0 amide bonds. The van der Waals surface area contributed by atoms with E-state index in [-0.39, 0.29) is 28.0 Å². The Morgan fingerprint density at radius 3 is 2.55 bits per heavy atom. The summed E-state index contributed by atoms with van der Waals surface area (Å²) >= 11 is 0.938. The molecule has 0 saturated heterocycles. The van der Waals surface area contributed by atoms with Gasteiger partial charge >= 0.3 is 5.69 Å². The van der Waals surface area contributed by atoms with Crippen molar-refractivity contribution in [1.29, 1.82) is 0 Å². The van der Waals surface area contributed by atoms with Crippen molar-refractivity contribution in [1.82, 2.24) is 0 Å². The maximum Gasteiger partial charge on any atom is 0.323 e. The number of ketones is 1. The van der Waals surface area contributed by atoms with Gasteiger partial charge in [-0.3, -0.25) is 14.9 Å². The van der Waals surface area contributed by atoms with Gasteiger partial charge in [0, 0.05) is 6.07 Å². The van der Waals surface area contributed by atoms with E-state index in [1.807, 2.05) is 0 Å². The lowest BCUT2D eigenvalue weighted by Gasteiger charge is -2.03. The van der Waals surface area contributed by atoms with Crippen LogP contribution >= 0.6 is 11.3 Å². The smallest absolute Gasteiger partial charge is 0.323 e. The number of aliphatic hydroxyl groups excluding tert-OH is 1. The zero-order valence-corrected chi connectivity index (χ0v) is 11.3. The molecule has 0 unspecified atom stereocenters. The third kappa shape index (κ3) is 3.01. The van der Waals surface area contributed by atoms with E-state index in [2.05, 4.69) is 0 Å². The molecule has 6 nitrogen and oxygen atoms in total. The molecule has 2 rings (SSSR count). The van der Waals surface area contributed by atoms with Gasteiger partial charge in [0.25, 0.3) is 5.06 Å². The first-order valence-electron chi connectivity index (χ1n) is 5.68. The SMILES string of the molecule is CC(=O)c1cc([N+](=O)[O-])c(Oc2ccc(CO)cc2)s1. The molecule has 7 heteroatoms. The first kappa shape index (κ1) is 14.2. The first-order valence-corrected chi connectivity index (χ1v) is 6.49. The highest BCUT2D eigenvalue weighted by Gasteiger charge is 2.22. The zero-order chi connectivity index (χ0) is 14.7. The van der Waals surface area contributed by atoms with E-state index in [1.165, 1.54) is 13.0 Å². The molecule has 0 atom stereocenters. The fraction of sp³-hybridized carbons (Fsp3) is 0.154. The summed E-state index contributed by atoms with van der Waals surface area (Å²) in [5.41, 5.74) is 0.480. The summed E-state index contributed by atoms with van der Waals surface area (Å²) in [6.07, 6.45) is 0. The molecule has 0 spiro atoms. The van der Waals surface area contributed by atoms with Gasteiger partial charge in [-0.1, -0.05) is 23.5 Å². The molecule has 0 saturated carbocycles. The molecule has 2 aromatic rings. The lowest BCUT2D eigenvalue weighted by Crippen LogP contribution is -1.90. The van der Waals surface area contributed by atoms with Crippen molar-refractivity contribution in [3.63, 3.8) is 0 Å². The van der Waals surface area contributed by atoms with Crippen molar-refractivity contribution in [2.24, 2.45) is 0 Å². The molecule has 104 valence electrons. The number of thiophene rings is 1. The van der Waals surface area contributed by atoms with E-state index in [1.54, 1.807) is 24.3 Å². The predicted molar refractivity (Wildman–Crippen MR) is 73.4 cm³/mol. The Morgan fingerprint density at radius 1 is 1.40 bits per heavy atom. The van der Waals surface area contributed by atoms with Gasteiger partial charge in [0.1, 0.15) is 5.75 Å². The summed E-state index contributed by atoms with van der Waals surface area (Å²) in [5, 5.41) is 19.9. The Kier molecular flexibility index (Phi) is 4.11. The topological polar surface area (TPSA) is 89.7 Å². The Hall–Kier alpha value is -2.25. The number of Topliss-reactive ketones (excluding diaryl/α,β-unsaturated/α-hetero) is 1. The number of ether oxygens (including phenoxy) is 1. The van der Waals surface area contributed by atoms with Crippen molar-refractivity contribution in [3.8, 4) is 10.8 Å². The average Bonchev–Trinajstić information content (AvgIpc) is 2.84. The normalized spacial score (nSPS) is 10.3. The molecule has 1 aromatic heterocycles. The predicted octanol–water partition coefficient (Wildman–Crippen LogP) is 3.14. The van der Waals surface area contributed by atoms with Crippen LogP contribution in [0.25, 0.3) is 0 Å². The van der Waals surface area contributed by atoms with Crippen molar-refractivity contribution in [2.75, 3.05) is 0 Å². The number of carbonyl (C=O) groups excluding carboxylic acids is 1. The average molecular weight is 293 g/mol. The van der Waals surface area contributed by atoms with Gasteiger partial charge in [-0.25, -0.2) is 0 Å². The van der Waals surface area contributed by atoms with Gasteiger partial charge < -0.3 is 9.84 Å². The minimum Gasteiger partial charge on any atom is -0.440 e. The summed E-state index contributed by atoms with van der Waals surface area (Å²) in [4.78, 5) is 21.9. The van der Waals surface area contributed by atoms with Crippen LogP contribution in [0, 0.1) is 10.1 Å². The van der Waals surface area contributed by atoms with E-state index < -0.39 is 4.92 Å². The second-order valence-electron chi connectivity index (χ2n) is 4.00. The molecular weight excluding hydrogens is 282 g/mol. The second-order valence-corrected chi connectivity index (χ2v) is 5.02. The number of aliphatic hydroxyl groups is 1. The molecule has 0 aliphatic heterocycles. The van der Waals surface area contributed by atoms with Crippen LogP contribution in [0.15, 0.2) is 30.3 Å². The van der Waals surface area contributed by atoms with Crippen molar-refractivity contribution in [2.45, 2.75) is 13.5 Å². The fourth-order valence-corrected chi connectivity index (χ4v) is 2.40. The Morgan fingerprint density at radius 2 is 2.05 bits per heavy atom.